The standard InChI is InChI=1S/C15H12N2O4/c16-11-4-1-5-12-13(11)14(18)10(15(19)20)8-17(12)7-9-3-2-6-21-9/h1-6,8H,7,16H2,(H,19,20). The number of nitrogens with zero attached hydrogens (tertiary/aromatic N) is 1. The van der Waals surface area contributed by atoms with Crippen LogP contribution < -0.4 is 11.2 Å². The molecule has 0 saturated carbocycles. The van der Waals surface area contributed by atoms with Gasteiger partial charge in [-0.1, -0.05) is 6.07 Å². The van der Waals surface area contributed by atoms with E-state index in [9.17, 15) is 14.7 Å². The predicted octanol–water partition coefficient (Wildman–Crippen LogP) is 1.92. The van der Waals surface area contributed by atoms with Crippen LogP contribution in [0.4, 0.5) is 5.69 Å². The van der Waals surface area contributed by atoms with Crippen molar-refractivity contribution in [1.29, 1.82) is 0 Å². The molecule has 6 nitrogen and oxygen atoms in total. The van der Waals surface area contributed by atoms with E-state index in [1.54, 1.807) is 34.9 Å². The molecule has 0 fully saturated rings. The zero-order valence-electron chi connectivity index (χ0n) is 10.9. The summed E-state index contributed by atoms with van der Waals surface area (Å²) in [6.07, 6.45) is 2.85. The number of rotatable bonds is 3. The van der Waals surface area contributed by atoms with Crippen molar-refractivity contribution in [2.24, 2.45) is 0 Å². The molecule has 3 aromatic rings. The van der Waals surface area contributed by atoms with Gasteiger partial charge in [-0.05, 0) is 24.3 Å². The summed E-state index contributed by atoms with van der Waals surface area (Å²) in [7, 11) is 0. The molecule has 2 heterocycles. The SMILES string of the molecule is Nc1cccc2c1c(=O)c(C(=O)O)cn2Cc1ccco1. The first kappa shape index (κ1) is 13.0. The fourth-order valence-corrected chi connectivity index (χ4v) is 2.32. The minimum atomic E-state index is -1.28. The van der Waals surface area contributed by atoms with Crippen molar-refractivity contribution in [1.82, 2.24) is 4.57 Å². The number of nitrogen functional groups attached to an aromatic ring is 1. The van der Waals surface area contributed by atoms with Gasteiger partial charge in [0.25, 0.3) is 0 Å². The van der Waals surface area contributed by atoms with Crippen molar-refractivity contribution in [3.8, 4) is 0 Å². The molecule has 0 atom stereocenters. The molecular formula is C15H12N2O4. The summed E-state index contributed by atoms with van der Waals surface area (Å²) in [5, 5.41) is 9.40. The molecule has 0 spiro atoms. The van der Waals surface area contributed by atoms with Crippen LogP contribution in [-0.4, -0.2) is 15.6 Å². The molecule has 0 aliphatic heterocycles. The van der Waals surface area contributed by atoms with Crippen LogP contribution in [0.15, 0.2) is 52.0 Å². The maximum absolute atomic E-state index is 12.2. The van der Waals surface area contributed by atoms with E-state index < -0.39 is 11.4 Å². The van der Waals surface area contributed by atoms with E-state index in [-0.39, 0.29) is 16.6 Å². The van der Waals surface area contributed by atoms with Gasteiger partial charge in [-0.2, -0.15) is 0 Å². The third-order valence-corrected chi connectivity index (χ3v) is 3.28. The monoisotopic (exact) mass is 284 g/mol. The van der Waals surface area contributed by atoms with E-state index in [0.717, 1.165) is 0 Å². The van der Waals surface area contributed by atoms with Crippen molar-refractivity contribution in [3.05, 3.63) is 64.3 Å². The number of anilines is 1. The lowest BCUT2D eigenvalue weighted by atomic mass is 10.1. The van der Waals surface area contributed by atoms with Crippen molar-refractivity contribution < 1.29 is 14.3 Å². The third-order valence-electron chi connectivity index (χ3n) is 3.28. The van der Waals surface area contributed by atoms with E-state index in [2.05, 4.69) is 0 Å². The van der Waals surface area contributed by atoms with Gasteiger partial charge in [-0.3, -0.25) is 4.79 Å². The lowest BCUT2D eigenvalue weighted by Gasteiger charge is -2.12. The molecule has 3 N–H and O–H groups in total. The number of pyridine rings is 1. The fourth-order valence-electron chi connectivity index (χ4n) is 2.32. The molecular weight excluding hydrogens is 272 g/mol. The average Bonchev–Trinajstić information content (AvgIpc) is 2.94. The summed E-state index contributed by atoms with van der Waals surface area (Å²) < 4.78 is 6.92. The number of carboxylic acids is 1. The van der Waals surface area contributed by atoms with Crippen LogP contribution in [0, 0.1) is 0 Å². The Balaban J connectivity index is 2.33. The first-order valence-corrected chi connectivity index (χ1v) is 6.25. The van der Waals surface area contributed by atoms with Gasteiger partial charge in [0.1, 0.15) is 11.3 Å². The highest BCUT2D eigenvalue weighted by Gasteiger charge is 2.16. The van der Waals surface area contributed by atoms with E-state index in [1.807, 2.05) is 0 Å². The highest BCUT2D eigenvalue weighted by Crippen LogP contribution is 2.19. The second-order valence-corrected chi connectivity index (χ2v) is 4.63. The van der Waals surface area contributed by atoms with Gasteiger partial charge in [0, 0.05) is 11.9 Å². The number of carboxylic acid groups (broad SMARTS) is 1. The van der Waals surface area contributed by atoms with Crippen LogP contribution in [-0.2, 0) is 6.54 Å². The first-order valence-electron chi connectivity index (χ1n) is 6.25. The smallest absolute Gasteiger partial charge is 0.341 e. The quantitative estimate of drug-likeness (QED) is 0.716. The van der Waals surface area contributed by atoms with Gasteiger partial charge in [0.05, 0.1) is 23.7 Å². The maximum Gasteiger partial charge on any atom is 0.341 e. The molecule has 6 heteroatoms. The Morgan fingerprint density at radius 3 is 2.76 bits per heavy atom. The molecule has 0 amide bonds. The predicted molar refractivity (Wildman–Crippen MR) is 77.4 cm³/mol. The number of hydrogen-bond acceptors (Lipinski definition) is 4. The summed E-state index contributed by atoms with van der Waals surface area (Å²) in [4.78, 5) is 23.5. The number of benzene rings is 1. The number of aromatic nitrogens is 1. The normalized spacial score (nSPS) is 10.9. The van der Waals surface area contributed by atoms with Gasteiger partial charge in [0.2, 0.25) is 5.43 Å². The lowest BCUT2D eigenvalue weighted by Crippen LogP contribution is -2.20. The summed E-state index contributed by atoms with van der Waals surface area (Å²) in [5.41, 5.74) is 5.78. The number of aromatic carboxylic acids is 1. The van der Waals surface area contributed by atoms with E-state index in [4.69, 9.17) is 10.2 Å². The van der Waals surface area contributed by atoms with Crippen molar-refractivity contribution in [2.45, 2.75) is 6.54 Å². The zero-order chi connectivity index (χ0) is 15.0. The molecule has 0 bridgehead atoms. The van der Waals surface area contributed by atoms with Crippen LogP contribution in [0.2, 0.25) is 0 Å². The van der Waals surface area contributed by atoms with E-state index in [0.29, 0.717) is 17.8 Å². The van der Waals surface area contributed by atoms with Crippen molar-refractivity contribution in [2.75, 3.05) is 5.73 Å². The van der Waals surface area contributed by atoms with Crippen LogP contribution in [0.3, 0.4) is 0 Å². The highest BCUT2D eigenvalue weighted by molar-refractivity contribution is 5.97. The van der Waals surface area contributed by atoms with Gasteiger partial charge in [-0.15, -0.1) is 0 Å². The van der Waals surface area contributed by atoms with Gasteiger partial charge >= 0.3 is 5.97 Å². The highest BCUT2D eigenvalue weighted by atomic mass is 16.4. The molecule has 0 radical (unpaired) electrons. The Morgan fingerprint density at radius 2 is 2.10 bits per heavy atom. The van der Waals surface area contributed by atoms with Gasteiger partial charge in [-0.25, -0.2) is 4.79 Å². The fraction of sp³-hybridized carbons (Fsp3) is 0.0667. The Bertz CT molecular complexity index is 879. The molecule has 0 unspecified atom stereocenters. The van der Waals surface area contributed by atoms with Gasteiger partial charge in [0.15, 0.2) is 0 Å². The van der Waals surface area contributed by atoms with Crippen LogP contribution in [0.25, 0.3) is 10.9 Å². The molecule has 0 aliphatic rings. The van der Waals surface area contributed by atoms with E-state index >= 15 is 0 Å². The summed E-state index contributed by atoms with van der Waals surface area (Å²) in [5.74, 6) is -0.628. The molecule has 21 heavy (non-hydrogen) atoms. The molecule has 1 aromatic carbocycles. The zero-order valence-corrected chi connectivity index (χ0v) is 10.9. The molecule has 2 aromatic heterocycles. The van der Waals surface area contributed by atoms with Crippen molar-refractivity contribution >= 4 is 22.6 Å². The number of fused-ring (bicyclic) bond motifs is 1. The van der Waals surface area contributed by atoms with Crippen molar-refractivity contribution in [3.63, 3.8) is 0 Å². The third kappa shape index (κ3) is 2.16. The summed E-state index contributed by atoms with van der Waals surface area (Å²) in [6, 6.07) is 8.54. The number of hydrogen-bond donors (Lipinski definition) is 2. The Labute approximate surface area is 119 Å². The second kappa shape index (κ2) is 4.82. The van der Waals surface area contributed by atoms with Crippen LogP contribution in [0.1, 0.15) is 16.1 Å². The van der Waals surface area contributed by atoms with Gasteiger partial charge < -0.3 is 19.8 Å². The largest absolute Gasteiger partial charge is 0.477 e. The Hall–Kier alpha value is -3.02. The Kier molecular flexibility index (Phi) is 2.98. The lowest BCUT2D eigenvalue weighted by molar-refractivity contribution is 0.0695. The maximum atomic E-state index is 12.2. The number of furan rings is 1. The van der Waals surface area contributed by atoms with Crippen LogP contribution >= 0.6 is 0 Å². The summed E-state index contributed by atoms with van der Waals surface area (Å²) >= 11 is 0. The minimum Gasteiger partial charge on any atom is -0.477 e. The van der Waals surface area contributed by atoms with E-state index in [1.165, 1.54) is 12.5 Å². The molecule has 0 aliphatic carbocycles. The average molecular weight is 284 g/mol. The first-order chi connectivity index (χ1) is 10.1. The summed E-state index contributed by atoms with van der Waals surface area (Å²) in [6.45, 7) is 0.313. The Morgan fingerprint density at radius 1 is 1.29 bits per heavy atom. The molecule has 0 saturated heterocycles. The molecule has 3 rings (SSSR count). The molecule has 106 valence electrons. The topological polar surface area (TPSA) is 98.5 Å². The second-order valence-electron chi connectivity index (χ2n) is 4.63. The number of nitrogens with two attached hydrogens (primary N) is 1. The van der Waals surface area contributed by atoms with Crippen LogP contribution in [0.5, 0.6) is 0 Å². The minimum absolute atomic E-state index is 0.212. The number of carbonyl (C=O) groups is 1.